The number of hydrogen-bond donors (Lipinski definition) is 1. The molecular weight excluding hydrogens is 164 g/mol. The standard InChI is InChI=1S/C7H12O5/c1-9-2-4-5(8)6-7(12-4)11-3-10-6/h4-8H,2-3H2,1H3/t4-,5+,6-,7?/m1/s1. The first-order chi connectivity index (χ1) is 5.83. The number of hydrogen-bond acceptors (Lipinski definition) is 5. The van der Waals surface area contributed by atoms with Crippen molar-refractivity contribution in [1.29, 1.82) is 0 Å². The van der Waals surface area contributed by atoms with Gasteiger partial charge in [0.05, 0.1) is 6.61 Å². The predicted molar refractivity (Wildman–Crippen MR) is 37.4 cm³/mol. The van der Waals surface area contributed by atoms with Gasteiger partial charge in [-0.1, -0.05) is 0 Å². The molecule has 5 nitrogen and oxygen atoms in total. The Hall–Kier alpha value is -0.200. The molecule has 0 bridgehead atoms. The summed E-state index contributed by atoms with van der Waals surface area (Å²) in [7, 11) is 1.56. The number of fused-ring (bicyclic) bond motifs is 1. The van der Waals surface area contributed by atoms with Crippen molar-refractivity contribution < 1.29 is 24.1 Å². The minimum absolute atomic E-state index is 0.200. The van der Waals surface area contributed by atoms with E-state index in [1.807, 2.05) is 0 Å². The molecule has 0 aliphatic carbocycles. The van der Waals surface area contributed by atoms with Gasteiger partial charge in [0, 0.05) is 7.11 Å². The van der Waals surface area contributed by atoms with Crippen LogP contribution in [-0.4, -0.2) is 50.2 Å². The van der Waals surface area contributed by atoms with Gasteiger partial charge in [-0.05, 0) is 0 Å². The van der Waals surface area contributed by atoms with E-state index in [1.54, 1.807) is 7.11 Å². The quantitative estimate of drug-likeness (QED) is 0.590. The van der Waals surface area contributed by atoms with Crippen molar-refractivity contribution in [3.05, 3.63) is 0 Å². The Bertz CT molecular complexity index is 162. The third kappa shape index (κ3) is 1.23. The summed E-state index contributed by atoms with van der Waals surface area (Å²) < 4.78 is 20.4. The smallest absolute Gasteiger partial charge is 0.189 e. The molecule has 1 unspecified atom stereocenters. The molecular formula is C7H12O5. The molecule has 0 aromatic carbocycles. The van der Waals surface area contributed by atoms with Crippen molar-refractivity contribution in [2.45, 2.75) is 24.6 Å². The first kappa shape index (κ1) is 8.40. The maximum atomic E-state index is 9.58. The molecule has 70 valence electrons. The maximum absolute atomic E-state index is 9.58. The van der Waals surface area contributed by atoms with Crippen LogP contribution >= 0.6 is 0 Å². The van der Waals surface area contributed by atoms with Crippen LogP contribution in [0.3, 0.4) is 0 Å². The average molecular weight is 176 g/mol. The second-order valence-electron chi connectivity index (χ2n) is 2.90. The van der Waals surface area contributed by atoms with Crippen LogP contribution in [0, 0.1) is 0 Å². The number of methoxy groups -OCH3 is 1. The van der Waals surface area contributed by atoms with Gasteiger partial charge in [0.25, 0.3) is 0 Å². The van der Waals surface area contributed by atoms with E-state index < -0.39 is 12.4 Å². The van der Waals surface area contributed by atoms with E-state index in [1.165, 1.54) is 0 Å². The van der Waals surface area contributed by atoms with Crippen LogP contribution in [0.4, 0.5) is 0 Å². The van der Waals surface area contributed by atoms with Crippen molar-refractivity contribution in [2.24, 2.45) is 0 Å². The Balaban J connectivity index is 1.96. The summed E-state index contributed by atoms with van der Waals surface area (Å²) in [5.74, 6) is 0. The van der Waals surface area contributed by atoms with Gasteiger partial charge in [-0.25, -0.2) is 0 Å². The zero-order chi connectivity index (χ0) is 8.55. The molecule has 2 rings (SSSR count). The number of ether oxygens (including phenoxy) is 4. The van der Waals surface area contributed by atoms with E-state index >= 15 is 0 Å². The molecule has 4 atom stereocenters. The maximum Gasteiger partial charge on any atom is 0.189 e. The van der Waals surface area contributed by atoms with Crippen LogP contribution < -0.4 is 0 Å². The van der Waals surface area contributed by atoms with Crippen LogP contribution in [0.5, 0.6) is 0 Å². The molecule has 0 saturated carbocycles. The second kappa shape index (κ2) is 3.27. The molecule has 0 aromatic heterocycles. The second-order valence-corrected chi connectivity index (χ2v) is 2.90. The Morgan fingerprint density at radius 3 is 3.00 bits per heavy atom. The summed E-state index contributed by atoms with van der Waals surface area (Å²) in [6, 6.07) is 0. The summed E-state index contributed by atoms with van der Waals surface area (Å²) in [6.45, 7) is 0.562. The third-order valence-corrected chi connectivity index (χ3v) is 2.12. The highest BCUT2D eigenvalue weighted by molar-refractivity contribution is 4.89. The van der Waals surface area contributed by atoms with Crippen molar-refractivity contribution in [2.75, 3.05) is 20.5 Å². The number of aliphatic hydroxyl groups excluding tert-OH is 1. The van der Waals surface area contributed by atoms with Gasteiger partial charge in [0.2, 0.25) is 0 Å². The topological polar surface area (TPSA) is 57.2 Å². The highest BCUT2D eigenvalue weighted by Gasteiger charge is 2.48. The number of aliphatic hydroxyl groups is 1. The van der Waals surface area contributed by atoms with Crippen LogP contribution in [0.15, 0.2) is 0 Å². The molecule has 2 aliphatic heterocycles. The van der Waals surface area contributed by atoms with Gasteiger partial charge in [0.1, 0.15) is 18.3 Å². The molecule has 0 amide bonds. The molecule has 1 N–H and O–H groups in total. The van der Waals surface area contributed by atoms with Crippen LogP contribution in [0.1, 0.15) is 0 Å². The highest BCUT2D eigenvalue weighted by Crippen LogP contribution is 2.28. The Kier molecular flexibility index (Phi) is 2.29. The SMILES string of the molecule is COC[C@H]1OC2OCO[C@@H]2[C@H]1O. The van der Waals surface area contributed by atoms with E-state index in [0.29, 0.717) is 6.61 Å². The Morgan fingerprint density at radius 1 is 1.50 bits per heavy atom. The number of rotatable bonds is 2. The van der Waals surface area contributed by atoms with Gasteiger partial charge in [-0.2, -0.15) is 0 Å². The van der Waals surface area contributed by atoms with Crippen molar-refractivity contribution in [1.82, 2.24) is 0 Å². The summed E-state index contributed by atoms with van der Waals surface area (Å²) in [4.78, 5) is 0. The van der Waals surface area contributed by atoms with Crippen LogP contribution in [-0.2, 0) is 18.9 Å². The molecule has 5 heteroatoms. The van der Waals surface area contributed by atoms with E-state index in [9.17, 15) is 5.11 Å². The zero-order valence-electron chi connectivity index (χ0n) is 6.80. The Labute approximate surface area is 70.2 Å². The fraction of sp³-hybridized carbons (Fsp3) is 1.00. The molecule has 2 heterocycles. The summed E-state index contributed by atoms with van der Waals surface area (Å²) >= 11 is 0. The molecule has 12 heavy (non-hydrogen) atoms. The lowest BCUT2D eigenvalue weighted by Crippen LogP contribution is -2.33. The molecule has 2 fully saturated rings. The van der Waals surface area contributed by atoms with E-state index in [0.717, 1.165) is 0 Å². The largest absolute Gasteiger partial charge is 0.387 e. The molecule has 0 radical (unpaired) electrons. The lowest BCUT2D eigenvalue weighted by molar-refractivity contribution is -0.139. The van der Waals surface area contributed by atoms with Gasteiger partial charge in [0.15, 0.2) is 13.1 Å². The molecule has 0 spiro atoms. The average Bonchev–Trinajstić information content (AvgIpc) is 2.58. The van der Waals surface area contributed by atoms with Crippen molar-refractivity contribution in [3.8, 4) is 0 Å². The van der Waals surface area contributed by atoms with Gasteiger partial charge in [-0.15, -0.1) is 0 Å². The van der Waals surface area contributed by atoms with Crippen molar-refractivity contribution >= 4 is 0 Å². The minimum Gasteiger partial charge on any atom is -0.387 e. The summed E-state index contributed by atoms with van der Waals surface area (Å²) in [5.41, 5.74) is 0. The highest BCUT2D eigenvalue weighted by atomic mass is 16.8. The molecule has 0 aromatic rings. The molecule has 2 saturated heterocycles. The fourth-order valence-corrected chi connectivity index (χ4v) is 1.50. The fourth-order valence-electron chi connectivity index (χ4n) is 1.50. The van der Waals surface area contributed by atoms with Gasteiger partial charge >= 0.3 is 0 Å². The zero-order valence-corrected chi connectivity index (χ0v) is 6.80. The van der Waals surface area contributed by atoms with E-state index in [4.69, 9.17) is 18.9 Å². The third-order valence-electron chi connectivity index (χ3n) is 2.12. The lowest BCUT2D eigenvalue weighted by atomic mass is 10.1. The summed E-state index contributed by atoms with van der Waals surface area (Å²) in [5, 5.41) is 9.58. The van der Waals surface area contributed by atoms with Crippen molar-refractivity contribution in [3.63, 3.8) is 0 Å². The first-order valence-electron chi connectivity index (χ1n) is 3.88. The monoisotopic (exact) mass is 176 g/mol. The predicted octanol–water partition coefficient (Wildman–Crippen LogP) is -0.909. The van der Waals surface area contributed by atoms with E-state index in [2.05, 4.69) is 0 Å². The van der Waals surface area contributed by atoms with Gasteiger partial charge in [-0.3, -0.25) is 0 Å². The normalized spacial score (nSPS) is 46.5. The van der Waals surface area contributed by atoms with Gasteiger partial charge < -0.3 is 24.1 Å². The molecule has 2 aliphatic rings. The lowest BCUT2D eigenvalue weighted by Gasteiger charge is -2.14. The minimum atomic E-state index is -0.641. The van der Waals surface area contributed by atoms with Crippen LogP contribution in [0.2, 0.25) is 0 Å². The van der Waals surface area contributed by atoms with Crippen LogP contribution in [0.25, 0.3) is 0 Å². The summed E-state index contributed by atoms with van der Waals surface area (Å²) in [6.07, 6.45) is -1.73. The van der Waals surface area contributed by atoms with E-state index in [-0.39, 0.29) is 19.0 Å². The Morgan fingerprint density at radius 2 is 2.33 bits per heavy atom. The first-order valence-corrected chi connectivity index (χ1v) is 3.88.